The van der Waals surface area contributed by atoms with Gasteiger partial charge in [-0.1, -0.05) is 22.9 Å². The van der Waals surface area contributed by atoms with Gasteiger partial charge in [-0.3, -0.25) is 4.79 Å². The number of piperidine rings is 1. The quantitative estimate of drug-likeness (QED) is 0.609. The third-order valence-corrected chi connectivity index (χ3v) is 6.87. The van der Waals surface area contributed by atoms with Gasteiger partial charge >= 0.3 is 0 Å². The minimum atomic E-state index is -3.89. The Labute approximate surface area is 185 Å². The number of halogens is 1. The highest BCUT2D eigenvalue weighted by atomic mass is 32.2. The first-order valence-electron chi connectivity index (χ1n) is 10.3. The van der Waals surface area contributed by atoms with Gasteiger partial charge in [-0.15, -0.1) is 0 Å². The van der Waals surface area contributed by atoms with E-state index in [1.54, 1.807) is 4.90 Å². The lowest BCUT2D eigenvalue weighted by atomic mass is 9.96. The Morgan fingerprint density at radius 3 is 2.59 bits per heavy atom. The summed E-state index contributed by atoms with van der Waals surface area (Å²) < 4.78 is 45.2. The molecular formula is C22H23FN4O4S. The van der Waals surface area contributed by atoms with E-state index in [0.29, 0.717) is 37.6 Å². The Bertz CT molecular complexity index is 1200. The van der Waals surface area contributed by atoms with Crippen LogP contribution in [-0.2, 0) is 14.8 Å². The van der Waals surface area contributed by atoms with E-state index < -0.39 is 15.8 Å². The van der Waals surface area contributed by atoms with Crippen molar-refractivity contribution in [2.75, 3.05) is 19.6 Å². The molecule has 0 unspecified atom stereocenters. The predicted octanol–water partition coefficient (Wildman–Crippen LogP) is 2.87. The number of amides is 1. The van der Waals surface area contributed by atoms with Gasteiger partial charge in [0.1, 0.15) is 5.82 Å². The van der Waals surface area contributed by atoms with Gasteiger partial charge in [0, 0.05) is 24.6 Å². The molecule has 2 aromatic carbocycles. The zero-order valence-electron chi connectivity index (χ0n) is 17.5. The van der Waals surface area contributed by atoms with Gasteiger partial charge < -0.3 is 9.42 Å². The van der Waals surface area contributed by atoms with Crippen LogP contribution >= 0.6 is 0 Å². The second kappa shape index (κ2) is 9.17. The van der Waals surface area contributed by atoms with Crippen molar-refractivity contribution in [2.45, 2.75) is 30.6 Å². The number of rotatable bonds is 6. The SMILES string of the molecule is Cc1cccc(-c2nc(C3CCN(C(=O)CNS(=O)(=O)c4ccc(F)cc4)CC3)no2)c1. The molecule has 0 bridgehead atoms. The maximum Gasteiger partial charge on any atom is 0.257 e. The minimum Gasteiger partial charge on any atom is -0.342 e. The van der Waals surface area contributed by atoms with Gasteiger partial charge in [0.15, 0.2) is 5.82 Å². The maximum absolute atomic E-state index is 13.0. The van der Waals surface area contributed by atoms with Crippen LogP contribution in [0.4, 0.5) is 4.39 Å². The molecule has 2 heterocycles. The molecule has 1 aliphatic rings. The van der Waals surface area contributed by atoms with Gasteiger partial charge in [0.25, 0.3) is 5.89 Å². The van der Waals surface area contributed by atoms with E-state index in [-0.39, 0.29) is 23.3 Å². The second-order valence-corrected chi connectivity index (χ2v) is 9.53. The fraction of sp³-hybridized carbons (Fsp3) is 0.318. The van der Waals surface area contributed by atoms with Crippen LogP contribution in [0.25, 0.3) is 11.5 Å². The topological polar surface area (TPSA) is 105 Å². The van der Waals surface area contributed by atoms with Crippen LogP contribution in [-0.4, -0.2) is 49.0 Å². The Kier molecular flexibility index (Phi) is 6.33. The lowest BCUT2D eigenvalue weighted by Crippen LogP contribution is -2.43. The highest BCUT2D eigenvalue weighted by Gasteiger charge is 2.28. The Balaban J connectivity index is 1.31. The fourth-order valence-corrected chi connectivity index (χ4v) is 4.62. The zero-order chi connectivity index (χ0) is 22.7. The second-order valence-electron chi connectivity index (χ2n) is 7.76. The maximum atomic E-state index is 13.0. The summed E-state index contributed by atoms with van der Waals surface area (Å²) in [5, 5.41) is 4.12. The lowest BCUT2D eigenvalue weighted by molar-refractivity contribution is -0.131. The van der Waals surface area contributed by atoms with Crippen LogP contribution in [0, 0.1) is 12.7 Å². The van der Waals surface area contributed by atoms with Crippen molar-refractivity contribution in [2.24, 2.45) is 0 Å². The summed E-state index contributed by atoms with van der Waals surface area (Å²) in [6.07, 6.45) is 1.31. The van der Waals surface area contributed by atoms with Crippen LogP contribution < -0.4 is 4.72 Å². The number of carbonyl (C=O) groups excluding carboxylic acids is 1. The van der Waals surface area contributed by atoms with E-state index in [4.69, 9.17) is 4.52 Å². The number of likely N-dealkylation sites (tertiary alicyclic amines) is 1. The average Bonchev–Trinajstić information content (AvgIpc) is 3.28. The molecule has 0 atom stereocenters. The minimum absolute atomic E-state index is 0.0669. The summed E-state index contributed by atoms with van der Waals surface area (Å²) >= 11 is 0. The zero-order valence-corrected chi connectivity index (χ0v) is 18.3. The fourth-order valence-electron chi connectivity index (χ4n) is 3.65. The van der Waals surface area contributed by atoms with Crippen molar-refractivity contribution >= 4 is 15.9 Å². The van der Waals surface area contributed by atoms with E-state index in [1.807, 2.05) is 31.2 Å². The number of aromatic nitrogens is 2. The Morgan fingerprint density at radius 2 is 1.91 bits per heavy atom. The molecule has 1 aliphatic heterocycles. The molecule has 0 saturated carbocycles. The highest BCUT2D eigenvalue weighted by molar-refractivity contribution is 7.89. The number of nitrogens with one attached hydrogen (secondary N) is 1. The Morgan fingerprint density at radius 1 is 1.19 bits per heavy atom. The molecule has 4 rings (SSSR count). The molecule has 168 valence electrons. The van der Waals surface area contributed by atoms with E-state index in [1.165, 1.54) is 0 Å². The normalized spacial score (nSPS) is 15.1. The van der Waals surface area contributed by atoms with Crippen molar-refractivity contribution in [3.8, 4) is 11.5 Å². The Hall–Kier alpha value is -3.11. The number of hydrogen-bond acceptors (Lipinski definition) is 6. The number of carbonyl (C=O) groups is 1. The molecule has 32 heavy (non-hydrogen) atoms. The van der Waals surface area contributed by atoms with Gasteiger partial charge in [-0.05, 0) is 56.2 Å². The third-order valence-electron chi connectivity index (χ3n) is 5.46. The molecular weight excluding hydrogens is 435 g/mol. The molecule has 1 saturated heterocycles. The van der Waals surface area contributed by atoms with Crippen LogP contribution in [0.5, 0.6) is 0 Å². The molecule has 1 N–H and O–H groups in total. The van der Waals surface area contributed by atoms with Crippen molar-refractivity contribution in [1.29, 1.82) is 0 Å². The monoisotopic (exact) mass is 458 g/mol. The first kappa shape index (κ1) is 22.1. The average molecular weight is 459 g/mol. The van der Waals surface area contributed by atoms with Crippen molar-refractivity contribution in [3.63, 3.8) is 0 Å². The molecule has 0 radical (unpaired) electrons. The van der Waals surface area contributed by atoms with Crippen molar-refractivity contribution < 1.29 is 22.1 Å². The van der Waals surface area contributed by atoms with Crippen molar-refractivity contribution in [3.05, 3.63) is 65.7 Å². The molecule has 1 fully saturated rings. The number of nitrogens with zero attached hydrogens (tertiary/aromatic N) is 3. The van der Waals surface area contributed by atoms with Gasteiger partial charge in [-0.2, -0.15) is 4.98 Å². The predicted molar refractivity (Wildman–Crippen MR) is 115 cm³/mol. The summed E-state index contributed by atoms with van der Waals surface area (Å²) in [6.45, 7) is 2.57. The summed E-state index contributed by atoms with van der Waals surface area (Å²) in [7, 11) is -3.89. The van der Waals surface area contributed by atoms with Crippen LogP contribution in [0.2, 0.25) is 0 Å². The number of aryl methyl sites for hydroxylation is 1. The molecule has 8 nitrogen and oxygen atoms in total. The van der Waals surface area contributed by atoms with Crippen LogP contribution in [0.1, 0.15) is 30.1 Å². The largest absolute Gasteiger partial charge is 0.342 e. The van der Waals surface area contributed by atoms with E-state index in [9.17, 15) is 17.6 Å². The van der Waals surface area contributed by atoms with Crippen LogP contribution in [0.15, 0.2) is 57.9 Å². The van der Waals surface area contributed by atoms with Gasteiger partial charge in [0.2, 0.25) is 15.9 Å². The van der Waals surface area contributed by atoms with Crippen LogP contribution in [0.3, 0.4) is 0 Å². The van der Waals surface area contributed by atoms with E-state index in [0.717, 1.165) is 35.4 Å². The first-order valence-corrected chi connectivity index (χ1v) is 11.7. The van der Waals surface area contributed by atoms with Gasteiger partial charge in [-0.25, -0.2) is 17.5 Å². The summed E-state index contributed by atoms with van der Waals surface area (Å²) in [5.74, 6) is 0.304. The van der Waals surface area contributed by atoms with E-state index in [2.05, 4.69) is 14.9 Å². The number of benzene rings is 2. The molecule has 0 aliphatic carbocycles. The van der Waals surface area contributed by atoms with Gasteiger partial charge in [0.05, 0.1) is 11.4 Å². The summed E-state index contributed by atoms with van der Waals surface area (Å²) in [6, 6.07) is 12.3. The summed E-state index contributed by atoms with van der Waals surface area (Å²) in [4.78, 5) is 18.5. The lowest BCUT2D eigenvalue weighted by Gasteiger charge is -2.30. The smallest absolute Gasteiger partial charge is 0.257 e. The standard InChI is InChI=1S/C22H23FN4O4S/c1-15-3-2-4-17(13-15)22-25-21(26-31-22)16-9-11-27(12-10-16)20(28)14-24-32(29,30)19-7-5-18(23)6-8-19/h2-8,13,16,24H,9-12,14H2,1H3. The van der Waals surface area contributed by atoms with E-state index >= 15 is 0 Å². The molecule has 1 aromatic heterocycles. The van der Waals surface area contributed by atoms with Crippen molar-refractivity contribution in [1.82, 2.24) is 19.8 Å². The highest BCUT2D eigenvalue weighted by Crippen LogP contribution is 2.28. The molecule has 1 amide bonds. The first-order chi connectivity index (χ1) is 15.3. The number of hydrogen-bond donors (Lipinski definition) is 1. The number of sulfonamides is 1. The molecule has 0 spiro atoms. The molecule has 10 heteroatoms. The molecule has 3 aromatic rings. The third kappa shape index (κ3) is 5.03. The summed E-state index contributed by atoms with van der Waals surface area (Å²) in [5.41, 5.74) is 1.97.